The van der Waals surface area contributed by atoms with Crippen molar-refractivity contribution >= 4 is 28.8 Å². The van der Waals surface area contributed by atoms with Gasteiger partial charge in [-0.25, -0.2) is 4.79 Å². The first-order valence-electron chi connectivity index (χ1n) is 6.91. The van der Waals surface area contributed by atoms with E-state index in [1.165, 1.54) is 24.4 Å². The fourth-order valence-electron chi connectivity index (χ4n) is 2.52. The molecular formula is C17H14N2O4. The summed E-state index contributed by atoms with van der Waals surface area (Å²) < 4.78 is 0. The van der Waals surface area contributed by atoms with Crippen LogP contribution in [0.15, 0.2) is 42.6 Å². The normalized spacial score (nSPS) is 14.5. The Labute approximate surface area is 132 Å². The number of benzene rings is 2. The third-order valence-electron chi connectivity index (χ3n) is 3.65. The van der Waals surface area contributed by atoms with Gasteiger partial charge >= 0.3 is 5.97 Å². The van der Waals surface area contributed by atoms with Crippen LogP contribution < -0.4 is 10.6 Å². The fourth-order valence-corrected chi connectivity index (χ4v) is 2.52. The summed E-state index contributed by atoms with van der Waals surface area (Å²) in [5.74, 6) is -1.76. The average molecular weight is 310 g/mol. The largest absolute Gasteiger partial charge is 0.507 e. The number of carbonyl (C=O) groups is 2. The number of hydrogen-bond acceptors (Lipinski definition) is 4. The van der Waals surface area contributed by atoms with E-state index in [0.29, 0.717) is 11.3 Å². The van der Waals surface area contributed by atoms with Gasteiger partial charge in [-0.05, 0) is 36.8 Å². The van der Waals surface area contributed by atoms with Crippen molar-refractivity contribution in [3.63, 3.8) is 0 Å². The molecule has 6 nitrogen and oxygen atoms in total. The van der Waals surface area contributed by atoms with Gasteiger partial charge in [0.15, 0.2) is 0 Å². The Morgan fingerprint density at radius 1 is 1.26 bits per heavy atom. The Bertz CT molecular complexity index is 856. The Morgan fingerprint density at radius 2 is 2.04 bits per heavy atom. The van der Waals surface area contributed by atoms with Gasteiger partial charge in [-0.3, -0.25) is 4.79 Å². The molecule has 4 N–H and O–H groups in total. The molecule has 0 atom stereocenters. The monoisotopic (exact) mass is 310 g/mol. The summed E-state index contributed by atoms with van der Waals surface area (Å²) in [6.45, 7) is 1.91. The lowest BCUT2D eigenvalue weighted by atomic mass is 10.0. The summed E-state index contributed by atoms with van der Waals surface area (Å²) in [6, 6.07) is 9.73. The Balaban J connectivity index is 1.94. The zero-order valence-corrected chi connectivity index (χ0v) is 12.3. The van der Waals surface area contributed by atoms with Crippen LogP contribution >= 0.6 is 0 Å². The van der Waals surface area contributed by atoms with E-state index in [2.05, 4.69) is 10.6 Å². The Hall–Kier alpha value is -3.28. The molecule has 0 saturated carbocycles. The predicted molar refractivity (Wildman–Crippen MR) is 86.5 cm³/mol. The van der Waals surface area contributed by atoms with Gasteiger partial charge in [-0.15, -0.1) is 0 Å². The third kappa shape index (κ3) is 2.62. The zero-order valence-electron chi connectivity index (χ0n) is 12.3. The molecule has 116 valence electrons. The van der Waals surface area contributed by atoms with Gasteiger partial charge in [-0.1, -0.05) is 12.1 Å². The molecule has 0 radical (unpaired) electrons. The number of hydrogen-bond donors (Lipinski definition) is 4. The second kappa shape index (κ2) is 5.49. The number of aromatic hydroxyl groups is 1. The van der Waals surface area contributed by atoms with E-state index in [9.17, 15) is 14.7 Å². The lowest BCUT2D eigenvalue weighted by molar-refractivity contribution is -0.110. The Kier molecular flexibility index (Phi) is 3.50. The third-order valence-corrected chi connectivity index (χ3v) is 3.65. The smallest absolute Gasteiger partial charge is 0.339 e. The minimum absolute atomic E-state index is 0.208. The molecular weight excluding hydrogens is 296 g/mol. The number of aromatic carboxylic acids is 1. The number of carboxylic acid groups (broad SMARTS) is 1. The van der Waals surface area contributed by atoms with Crippen molar-refractivity contribution in [3.8, 4) is 5.75 Å². The maximum absolute atomic E-state index is 12.1. The number of aryl methyl sites for hydroxylation is 1. The fraction of sp³-hybridized carbons (Fsp3) is 0.0588. The zero-order chi connectivity index (χ0) is 16.6. The molecule has 0 spiro atoms. The summed E-state index contributed by atoms with van der Waals surface area (Å²) >= 11 is 0. The molecule has 0 aliphatic carbocycles. The number of rotatable bonds is 3. The SMILES string of the molecule is Cc1cccc2c1C(=CNc1ccc(O)c(C(=O)O)c1)C(=O)N2. The number of anilines is 2. The average Bonchev–Trinajstić information content (AvgIpc) is 2.83. The number of phenols is 1. The molecule has 0 fully saturated rings. The van der Waals surface area contributed by atoms with Gasteiger partial charge in [0.1, 0.15) is 11.3 Å². The molecule has 0 bridgehead atoms. The molecule has 1 heterocycles. The number of carboxylic acids is 1. The highest BCUT2D eigenvalue weighted by molar-refractivity contribution is 6.32. The minimum Gasteiger partial charge on any atom is -0.507 e. The van der Waals surface area contributed by atoms with Gasteiger partial charge in [0.25, 0.3) is 5.91 Å². The van der Waals surface area contributed by atoms with Crippen molar-refractivity contribution in [2.24, 2.45) is 0 Å². The highest BCUT2D eigenvalue weighted by atomic mass is 16.4. The highest BCUT2D eigenvalue weighted by Gasteiger charge is 2.25. The molecule has 0 unspecified atom stereocenters. The van der Waals surface area contributed by atoms with Crippen molar-refractivity contribution in [2.75, 3.05) is 10.6 Å². The summed E-state index contributed by atoms with van der Waals surface area (Å²) in [6.07, 6.45) is 1.53. The van der Waals surface area contributed by atoms with Gasteiger partial charge < -0.3 is 20.8 Å². The van der Waals surface area contributed by atoms with Gasteiger partial charge in [-0.2, -0.15) is 0 Å². The van der Waals surface area contributed by atoms with Crippen LogP contribution in [0.1, 0.15) is 21.5 Å². The van der Waals surface area contributed by atoms with Gasteiger partial charge in [0.05, 0.1) is 5.57 Å². The predicted octanol–water partition coefficient (Wildman–Crippen LogP) is 2.80. The van der Waals surface area contributed by atoms with E-state index < -0.39 is 5.97 Å². The van der Waals surface area contributed by atoms with Gasteiger partial charge in [0.2, 0.25) is 0 Å². The second-order valence-electron chi connectivity index (χ2n) is 5.19. The van der Waals surface area contributed by atoms with Crippen LogP contribution in [0.4, 0.5) is 11.4 Å². The van der Waals surface area contributed by atoms with Crippen LogP contribution in [0.3, 0.4) is 0 Å². The number of carbonyl (C=O) groups excluding carboxylic acids is 1. The molecule has 2 aromatic rings. The lowest BCUT2D eigenvalue weighted by Gasteiger charge is -2.06. The van der Waals surface area contributed by atoms with Crippen LogP contribution in [0.5, 0.6) is 5.75 Å². The van der Waals surface area contributed by atoms with E-state index in [1.807, 2.05) is 25.1 Å². The molecule has 1 amide bonds. The maximum Gasteiger partial charge on any atom is 0.339 e. The Morgan fingerprint density at radius 3 is 2.78 bits per heavy atom. The summed E-state index contributed by atoms with van der Waals surface area (Å²) in [7, 11) is 0. The van der Waals surface area contributed by atoms with Crippen molar-refractivity contribution < 1.29 is 19.8 Å². The number of nitrogens with one attached hydrogen (secondary N) is 2. The molecule has 0 aromatic heterocycles. The highest BCUT2D eigenvalue weighted by Crippen LogP contribution is 2.34. The van der Waals surface area contributed by atoms with Crippen LogP contribution in [-0.2, 0) is 4.79 Å². The van der Waals surface area contributed by atoms with E-state index >= 15 is 0 Å². The van der Waals surface area contributed by atoms with Crippen LogP contribution in [-0.4, -0.2) is 22.1 Å². The topological polar surface area (TPSA) is 98.7 Å². The molecule has 0 saturated heterocycles. The van der Waals surface area contributed by atoms with Gasteiger partial charge in [0, 0.05) is 23.1 Å². The summed E-state index contributed by atoms with van der Waals surface area (Å²) in [5.41, 5.74) is 3.26. The van der Waals surface area contributed by atoms with Crippen LogP contribution in [0.25, 0.3) is 5.57 Å². The van der Waals surface area contributed by atoms with Crippen LogP contribution in [0.2, 0.25) is 0 Å². The summed E-state index contributed by atoms with van der Waals surface area (Å²) in [5, 5.41) is 24.2. The first-order chi connectivity index (χ1) is 11.0. The number of fused-ring (bicyclic) bond motifs is 1. The number of amides is 1. The molecule has 23 heavy (non-hydrogen) atoms. The summed E-state index contributed by atoms with van der Waals surface area (Å²) in [4.78, 5) is 23.1. The van der Waals surface area contributed by atoms with E-state index in [4.69, 9.17) is 5.11 Å². The minimum atomic E-state index is -1.22. The van der Waals surface area contributed by atoms with E-state index in [1.54, 1.807) is 0 Å². The maximum atomic E-state index is 12.1. The van der Waals surface area contributed by atoms with Crippen molar-refractivity contribution in [1.82, 2.24) is 0 Å². The second-order valence-corrected chi connectivity index (χ2v) is 5.19. The van der Waals surface area contributed by atoms with E-state index in [0.717, 1.165) is 16.8 Å². The molecule has 2 aromatic carbocycles. The van der Waals surface area contributed by atoms with Crippen LogP contribution in [0, 0.1) is 6.92 Å². The molecule has 6 heteroatoms. The standard InChI is InChI=1S/C17H14N2O4/c1-9-3-2-4-13-15(9)12(16(21)19-13)8-18-10-5-6-14(20)11(7-10)17(22)23/h2-8,18,20H,1H3,(H,19,21)(H,22,23). The van der Waals surface area contributed by atoms with Crippen molar-refractivity contribution in [2.45, 2.75) is 6.92 Å². The van der Waals surface area contributed by atoms with Crippen molar-refractivity contribution in [3.05, 3.63) is 59.3 Å². The first kappa shape index (κ1) is 14.6. The quantitative estimate of drug-likeness (QED) is 0.516. The molecule has 1 aliphatic heterocycles. The van der Waals surface area contributed by atoms with E-state index in [-0.39, 0.29) is 17.2 Å². The molecule has 3 rings (SSSR count). The first-order valence-corrected chi connectivity index (χ1v) is 6.91. The lowest BCUT2D eigenvalue weighted by Crippen LogP contribution is -2.05. The molecule has 1 aliphatic rings. The van der Waals surface area contributed by atoms with Crippen molar-refractivity contribution in [1.29, 1.82) is 0 Å².